The van der Waals surface area contributed by atoms with Crippen molar-refractivity contribution in [3.8, 4) is 0 Å². The molecule has 21 heavy (non-hydrogen) atoms. The summed E-state index contributed by atoms with van der Waals surface area (Å²) in [6, 6.07) is 18.2. The van der Waals surface area contributed by atoms with Crippen LogP contribution in [-0.4, -0.2) is 18.0 Å². The molecule has 4 heteroatoms. The Bertz CT molecular complexity index is 640. The van der Waals surface area contributed by atoms with Crippen molar-refractivity contribution in [1.29, 1.82) is 0 Å². The molecule has 1 atom stereocenters. The summed E-state index contributed by atoms with van der Waals surface area (Å²) in [7, 11) is 0. The van der Waals surface area contributed by atoms with E-state index >= 15 is 0 Å². The van der Waals surface area contributed by atoms with Crippen LogP contribution in [0.3, 0.4) is 0 Å². The molecule has 3 rings (SSSR count). The average molecular weight is 280 g/mol. The lowest BCUT2D eigenvalue weighted by atomic mass is 10.1. The van der Waals surface area contributed by atoms with E-state index in [2.05, 4.69) is 5.32 Å². The summed E-state index contributed by atoms with van der Waals surface area (Å²) >= 11 is 0. The van der Waals surface area contributed by atoms with Gasteiger partial charge in [-0.3, -0.25) is 4.79 Å². The van der Waals surface area contributed by atoms with Crippen LogP contribution in [0.5, 0.6) is 0 Å². The van der Waals surface area contributed by atoms with E-state index < -0.39 is 6.04 Å². The number of anilines is 1. The van der Waals surface area contributed by atoms with Gasteiger partial charge in [-0.25, -0.2) is 9.69 Å². The Balaban J connectivity index is 1.69. The minimum atomic E-state index is -0.446. The SMILES string of the molecule is O=C1NC(CCc2ccccc2)C(=O)N1c1ccccc1. The molecule has 0 aromatic heterocycles. The van der Waals surface area contributed by atoms with Gasteiger partial charge in [0.1, 0.15) is 6.04 Å². The third-order valence-electron chi connectivity index (χ3n) is 3.60. The van der Waals surface area contributed by atoms with Crippen molar-refractivity contribution >= 4 is 17.6 Å². The number of carbonyl (C=O) groups excluding carboxylic acids is 2. The Morgan fingerprint density at radius 2 is 1.52 bits per heavy atom. The molecule has 0 bridgehead atoms. The molecule has 3 amide bonds. The number of nitrogens with zero attached hydrogens (tertiary/aromatic N) is 1. The molecule has 1 aliphatic heterocycles. The van der Waals surface area contributed by atoms with E-state index in [4.69, 9.17) is 0 Å². The van der Waals surface area contributed by atoms with Crippen LogP contribution in [0.25, 0.3) is 0 Å². The summed E-state index contributed by atoms with van der Waals surface area (Å²) in [5, 5.41) is 2.76. The summed E-state index contributed by atoms with van der Waals surface area (Å²) in [6.45, 7) is 0. The van der Waals surface area contributed by atoms with Gasteiger partial charge in [0.25, 0.3) is 5.91 Å². The van der Waals surface area contributed by atoms with Crippen LogP contribution in [0.15, 0.2) is 60.7 Å². The maximum Gasteiger partial charge on any atom is 0.329 e. The van der Waals surface area contributed by atoms with E-state index in [0.717, 1.165) is 12.0 Å². The van der Waals surface area contributed by atoms with E-state index in [1.54, 1.807) is 12.1 Å². The molecule has 1 fully saturated rings. The number of para-hydroxylation sites is 1. The predicted molar refractivity (Wildman–Crippen MR) is 81.0 cm³/mol. The van der Waals surface area contributed by atoms with Gasteiger partial charge in [0.2, 0.25) is 0 Å². The molecule has 1 N–H and O–H groups in total. The number of amides is 3. The van der Waals surface area contributed by atoms with Crippen LogP contribution in [0.4, 0.5) is 10.5 Å². The Morgan fingerprint density at radius 3 is 2.19 bits per heavy atom. The monoisotopic (exact) mass is 280 g/mol. The lowest BCUT2D eigenvalue weighted by molar-refractivity contribution is -0.118. The summed E-state index contributed by atoms with van der Waals surface area (Å²) in [5.74, 6) is -0.179. The first-order valence-corrected chi connectivity index (χ1v) is 6.99. The maximum absolute atomic E-state index is 12.4. The molecular formula is C17H16N2O2. The Hall–Kier alpha value is -2.62. The van der Waals surface area contributed by atoms with Gasteiger partial charge in [-0.1, -0.05) is 48.5 Å². The molecule has 1 heterocycles. The fraction of sp³-hybridized carbons (Fsp3) is 0.176. The van der Waals surface area contributed by atoms with E-state index in [0.29, 0.717) is 12.1 Å². The van der Waals surface area contributed by atoms with E-state index in [1.807, 2.05) is 48.5 Å². The highest BCUT2D eigenvalue weighted by Gasteiger charge is 2.38. The zero-order valence-corrected chi connectivity index (χ0v) is 11.5. The molecule has 4 nitrogen and oxygen atoms in total. The van der Waals surface area contributed by atoms with Crippen molar-refractivity contribution in [3.63, 3.8) is 0 Å². The zero-order chi connectivity index (χ0) is 14.7. The smallest absolute Gasteiger partial charge is 0.325 e. The molecular weight excluding hydrogens is 264 g/mol. The van der Waals surface area contributed by atoms with Crippen molar-refractivity contribution < 1.29 is 9.59 Å². The van der Waals surface area contributed by atoms with Crippen molar-refractivity contribution in [3.05, 3.63) is 66.2 Å². The summed E-state index contributed by atoms with van der Waals surface area (Å²) < 4.78 is 0. The summed E-state index contributed by atoms with van der Waals surface area (Å²) in [4.78, 5) is 25.6. The lowest BCUT2D eigenvalue weighted by Gasteiger charge is -2.12. The van der Waals surface area contributed by atoms with Gasteiger partial charge in [-0.2, -0.15) is 0 Å². The summed E-state index contributed by atoms with van der Waals surface area (Å²) in [6.07, 6.45) is 1.37. The number of carbonyl (C=O) groups is 2. The molecule has 0 spiro atoms. The van der Waals surface area contributed by atoms with Crippen molar-refractivity contribution in [2.75, 3.05) is 4.90 Å². The second-order valence-corrected chi connectivity index (χ2v) is 5.04. The van der Waals surface area contributed by atoms with E-state index in [1.165, 1.54) is 4.90 Å². The van der Waals surface area contributed by atoms with Crippen LogP contribution < -0.4 is 10.2 Å². The average Bonchev–Trinajstić information content (AvgIpc) is 2.81. The standard InChI is InChI=1S/C17H16N2O2/c20-16-15(12-11-13-7-3-1-4-8-13)18-17(21)19(16)14-9-5-2-6-10-14/h1-10,15H,11-12H2,(H,18,21). The van der Waals surface area contributed by atoms with Crippen LogP contribution in [0.2, 0.25) is 0 Å². The van der Waals surface area contributed by atoms with Gasteiger partial charge in [-0.05, 0) is 30.5 Å². The summed E-state index contributed by atoms with van der Waals surface area (Å²) in [5.41, 5.74) is 1.78. The second kappa shape index (κ2) is 5.79. The quantitative estimate of drug-likeness (QED) is 0.875. The number of urea groups is 1. The van der Waals surface area contributed by atoms with Crippen molar-refractivity contribution in [1.82, 2.24) is 5.32 Å². The van der Waals surface area contributed by atoms with Gasteiger partial charge < -0.3 is 5.32 Å². The van der Waals surface area contributed by atoms with Gasteiger partial charge in [0.05, 0.1) is 5.69 Å². The number of aryl methyl sites for hydroxylation is 1. The van der Waals surface area contributed by atoms with Crippen LogP contribution in [0, 0.1) is 0 Å². The highest BCUT2D eigenvalue weighted by Crippen LogP contribution is 2.20. The molecule has 0 aliphatic carbocycles. The number of hydrogen-bond acceptors (Lipinski definition) is 2. The molecule has 106 valence electrons. The fourth-order valence-corrected chi connectivity index (χ4v) is 2.50. The van der Waals surface area contributed by atoms with Crippen molar-refractivity contribution in [2.45, 2.75) is 18.9 Å². The van der Waals surface area contributed by atoms with Crippen LogP contribution in [0.1, 0.15) is 12.0 Å². The lowest BCUT2D eigenvalue weighted by Crippen LogP contribution is -2.31. The molecule has 1 unspecified atom stereocenters. The molecule has 0 radical (unpaired) electrons. The maximum atomic E-state index is 12.4. The van der Waals surface area contributed by atoms with Crippen LogP contribution in [-0.2, 0) is 11.2 Å². The number of imide groups is 1. The molecule has 2 aromatic carbocycles. The normalized spacial score (nSPS) is 17.9. The molecule has 2 aromatic rings. The molecule has 1 saturated heterocycles. The predicted octanol–water partition coefficient (Wildman–Crippen LogP) is 2.74. The number of hydrogen-bond donors (Lipinski definition) is 1. The second-order valence-electron chi connectivity index (χ2n) is 5.04. The Morgan fingerprint density at radius 1 is 0.905 bits per heavy atom. The van der Waals surface area contributed by atoms with Crippen molar-refractivity contribution in [2.24, 2.45) is 0 Å². The highest BCUT2D eigenvalue weighted by atomic mass is 16.2. The first-order chi connectivity index (χ1) is 10.3. The zero-order valence-electron chi connectivity index (χ0n) is 11.5. The number of rotatable bonds is 4. The van der Waals surface area contributed by atoms with Gasteiger partial charge in [0.15, 0.2) is 0 Å². The van der Waals surface area contributed by atoms with Gasteiger partial charge in [-0.15, -0.1) is 0 Å². The Labute approximate surface area is 123 Å². The largest absolute Gasteiger partial charge is 0.329 e. The van der Waals surface area contributed by atoms with Gasteiger partial charge in [0, 0.05) is 0 Å². The third-order valence-corrected chi connectivity index (χ3v) is 3.60. The fourth-order valence-electron chi connectivity index (χ4n) is 2.50. The highest BCUT2D eigenvalue weighted by molar-refractivity contribution is 6.21. The van der Waals surface area contributed by atoms with E-state index in [-0.39, 0.29) is 11.9 Å². The minimum Gasteiger partial charge on any atom is -0.325 e. The van der Waals surface area contributed by atoms with E-state index in [9.17, 15) is 9.59 Å². The third kappa shape index (κ3) is 2.79. The van der Waals surface area contributed by atoms with Crippen LogP contribution >= 0.6 is 0 Å². The molecule has 1 aliphatic rings. The van der Waals surface area contributed by atoms with Gasteiger partial charge >= 0.3 is 6.03 Å². The molecule has 0 saturated carbocycles. The first-order valence-electron chi connectivity index (χ1n) is 6.99. The first kappa shape index (κ1) is 13.4. The Kier molecular flexibility index (Phi) is 3.69. The number of nitrogens with one attached hydrogen (secondary N) is 1. The topological polar surface area (TPSA) is 49.4 Å². The number of benzene rings is 2. The minimum absolute atomic E-state index is 0.179.